The molecule has 0 aromatic carbocycles. The first-order chi connectivity index (χ1) is 9.04. The fourth-order valence-electron chi connectivity index (χ4n) is 3.32. The van der Waals surface area contributed by atoms with Gasteiger partial charge in [-0.15, -0.1) is 0 Å². The summed E-state index contributed by atoms with van der Waals surface area (Å²) in [4.78, 5) is 7.14. The van der Waals surface area contributed by atoms with E-state index in [9.17, 15) is 0 Å². The van der Waals surface area contributed by atoms with E-state index in [1.54, 1.807) is 5.57 Å². The Hall–Kier alpha value is -1.15. The molecular weight excluding hydrogens is 232 g/mol. The van der Waals surface area contributed by atoms with Crippen LogP contribution >= 0.6 is 0 Å². The number of pyridine rings is 1. The van der Waals surface area contributed by atoms with E-state index in [4.69, 9.17) is 0 Å². The predicted octanol–water partition coefficient (Wildman–Crippen LogP) is 3.53. The Kier molecular flexibility index (Phi) is 3.22. The first-order valence-corrected chi connectivity index (χ1v) is 7.43. The molecule has 1 unspecified atom stereocenters. The van der Waals surface area contributed by atoms with Crippen LogP contribution < -0.4 is 0 Å². The summed E-state index contributed by atoms with van der Waals surface area (Å²) in [5.41, 5.74) is 4.50. The Morgan fingerprint density at radius 2 is 2.16 bits per heavy atom. The zero-order chi connectivity index (χ0) is 13.5. The molecule has 2 heterocycles. The lowest BCUT2D eigenvalue weighted by atomic mass is 9.87. The third-order valence-electron chi connectivity index (χ3n) is 4.53. The molecule has 0 saturated carbocycles. The van der Waals surface area contributed by atoms with E-state index >= 15 is 0 Å². The Bertz CT molecular complexity index is 496. The van der Waals surface area contributed by atoms with Crippen LogP contribution in [-0.4, -0.2) is 28.5 Å². The van der Waals surface area contributed by atoms with E-state index in [-0.39, 0.29) is 0 Å². The SMILES string of the molecule is CC(C)(C)N1CCCC(C2=Cc3cccnc3C2)C1. The molecule has 0 N–H and O–H groups in total. The maximum Gasteiger partial charge on any atom is 0.0516 e. The number of hydrogen-bond donors (Lipinski definition) is 0. The first kappa shape index (κ1) is 12.9. The molecule has 2 heteroatoms. The second-order valence-corrected chi connectivity index (χ2v) is 6.89. The van der Waals surface area contributed by atoms with Crippen molar-refractivity contribution >= 4 is 6.08 Å². The van der Waals surface area contributed by atoms with Crippen LogP contribution in [0, 0.1) is 5.92 Å². The molecule has 1 atom stereocenters. The van der Waals surface area contributed by atoms with Gasteiger partial charge in [-0.05, 0) is 57.7 Å². The smallest absolute Gasteiger partial charge is 0.0516 e. The van der Waals surface area contributed by atoms with Crippen LogP contribution in [0.2, 0.25) is 0 Å². The van der Waals surface area contributed by atoms with Gasteiger partial charge in [0.1, 0.15) is 0 Å². The largest absolute Gasteiger partial charge is 0.298 e. The Balaban J connectivity index is 1.75. The molecule has 0 amide bonds. The summed E-state index contributed by atoms with van der Waals surface area (Å²) in [6.45, 7) is 9.44. The quantitative estimate of drug-likeness (QED) is 0.764. The summed E-state index contributed by atoms with van der Waals surface area (Å²) in [5, 5.41) is 0. The topological polar surface area (TPSA) is 16.1 Å². The van der Waals surface area contributed by atoms with Gasteiger partial charge in [-0.1, -0.05) is 17.7 Å². The van der Waals surface area contributed by atoms with Crippen LogP contribution in [0.25, 0.3) is 6.08 Å². The van der Waals surface area contributed by atoms with E-state index < -0.39 is 0 Å². The monoisotopic (exact) mass is 256 g/mol. The molecule has 19 heavy (non-hydrogen) atoms. The molecule has 102 valence electrons. The summed E-state index contributed by atoms with van der Waals surface area (Å²) in [6.07, 6.45) is 8.03. The third-order valence-corrected chi connectivity index (χ3v) is 4.53. The Labute approximate surface area is 116 Å². The minimum absolute atomic E-state index is 0.295. The maximum atomic E-state index is 4.51. The van der Waals surface area contributed by atoms with E-state index in [0.717, 1.165) is 12.3 Å². The fourth-order valence-corrected chi connectivity index (χ4v) is 3.32. The van der Waals surface area contributed by atoms with Crippen LogP contribution in [0.1, 0.15) is 44.9 Å². The van der Waals surface area contributed by atoms with Gasteiger partial charge in [-0.25, -0.2) is 0 Å². The van der Waals surface area contributed by atoms with Crippen molar-refractivity contribution in [3.05, 3.63) is 35.2 Å². The highest BCUT2D eigenvalue weighted by molar-refractivity contribution is 5.62. The Morgan fingerprint density at radius 3 is 2.89 bits per heavy atom. The number of nitrogens with zero attached hydrogens (tertiary/aromatic N) is 2. The molecule has 1 fully saturated rings. The van der Waals surface area contributed by atoms with Gasteiger partial charge in [0.2, 0.25) is 0 Å². The molecule has 1 aliphatic heterocycles. The summed E-state index contributed by atoms with van der Waals surface area (Å²) in [7, 11) is 0. The molecule has 0 spiro atoms. The van der Waals surface area contributed by atoms with Gasteiger partial charge in [0.15, 0.2) is 0 Å². The average molecular weight is 256 g/mol. The molecule has 3 rings (SSSR count). The highest BCUT2D eigenvalue weighted by atomic mass is 15.2. The molecular formula is C17H24N2. The van der Waals surface area contributed by atoms with E-state index in [1.165, 1.54) is 37.2 Å². The van der Waals surface area contributed by atoms with E-state index in [2.05, 4.69) is 42.8 Å². The fraction of sp³-hybridized carbons (Fsp3) is 0.588. The number of piperidine rings is 1. The molecule has 2 nitrogen and oxygen atoms in total. The van der Waals surface area contributed by atoms with Crippen LogP contribution in [-0.2, 0) is 6.42 Å². The van der Waals surface area contributed by atoms with Gasteiger partial charge < -0.3 is 0 Å². The molecule has 1 aromatic heterocycles. The zero-order valence-corrected chi connectivity index (χ0v) is 12.3. The van der Waals surface area contributed by atoms with E-state index in [0.29, 0.717) is 5.54 Å². The van der Waals surface area contributed by atoms with Gasteiger partial charge >= 0.3 is 0 Å². The van der Waals surface area contributed by atoms with Crippen molar-refractivity contribution in [2.45, 2.75) is 45.6 Å². The van der Waals surface area contributed by atoms with Crippen LogP contribution in [0.15, 0.2) is 23.9 Å². The normalized spacial score (nSPS) is 24.2. The molecule has 1 saturated heterocycles. The number of fused-ring (bicyclic) bond motifs is 1. The third kappa shape index (κ3) is 2.59. The molecule has 0 bridgehead atoms. The molecule has 0 radical (unpaired) electrons. The summed E-state index contributed by atoms with van der Waals surface area (Å²) in [5.74, 6) is 0.724. The second-order valence-electron chi connectivity index (χ2n) is 6.89. The Morgan fingerprint density at radius 1 is 1.32 bits per heavy atom. The number of hydrogen-bond acceptors (Lipinski definition) is 2. The number of rotatable bonds is 1. The second kappa shape index (κ2) is 4.75. The highest BCUT2D eigenvalue weighted by Crippen LogP contribution is 2.34. The molecule has 2 aliphatic rings. The van der Waals surface area contributed by atoms with Gasteiger partial charge in [0.05, 0.1) is 5.69 Å². The van der Waals surface area contributed by atoms with Crippen molar-refractivity contribution in [3.8, 4) is 0 Å². The summed E-state index contributed by atoms with van der Waals surface area (Å²) < 4.78 is 0. The van der Waals surface area contributed by atoms with Crippen molar-refractivity contribution < 1.29 is 0 Å². The predicted molar refractivity (Wildman–Crippen MR) is 80.0 cm³/mol. The zero-order valence-electron chi connectivity index (χ0n) is 12.3. The molecule has 1 aliphatic carbocycles. The van der Waals surface area contributed by atoms with Gasteiger partial charge in [0.25, 0.3) is 0 Å². The van der Waals surface area contributed by atoms with Gasteiger partial charge in [0, 0.05) is 24.7 Å². The maximum absolute atomic E-state index is 4.51. The van der Waals surface area contributed by atoms with Crippen molar-refractivity contribution in [1.82, 2.24) is 9.88 Å². The first-order valence-electron chi connectivity index (χ1n) is 7.43. The van der Waals surface area contributed by atoms with Gasteiger partial charge in [-0.2, -0.15) is 0 Å². The standard InChI is InChI=1S/C17H24N2/c1-17(2,3)19-9-5-7-14(12-19)15-10-13-6-4-8-18-16(13)11-15/h4,6,8,10,14H,5,7,9,11-12H2,1-3H3. The highest BCUT2D eigenvalue weighted by Gasteiger charge is 2.30. The average Bonchev–Trinajstić information content (AvgIpc) is 2.81. The van der Waals surface area contributed by atoms with Crippen molar-refractivity contribution in [3.63, 3.8) is 0 Å². The lowest BCUT2D eigenvalue weighted by Gasteiger charge is -2.42. The van der Waals surface area contributed by atoms with Crippen molar-refractivity contribution in [1.29, 1.82) is 0 Å². The van der Waals surface area contributed by atoms with Crippen molar-refractivity contribution in [2.75, 3.05) is 13.1 Å². The molecule has 1 aromatic rings. The summed E-state index contributed by atoms with van der Waals surface area (Å²) in [6, 6.07) is 4.24. The van der Waals surface area contributed by atoms with Crippen LogP contribution in [0.5, 0.6) is 0 Å². The minimum atomic E-state index is 0.295. The van der Waals surface area contributed by atoms with E-state index in [1.807, 2.05) is 12.3 Å². The lowest BCUT2D eigenvalue weighted by molar-refractivity contribution is 0.0886. The van der Waals surface area contributed by atoms with Crippen LogP contribution in [0.4, 0.5) is 0 Å². The van der Waals surface area contributed by atoms with Crippen molar-refractivity contribution in [2.24, 2.45) is 5.92 Å². The number of aromatic nitrogens is 1. The minimum Gasteiger partial charge on any atom is -0.298 e. The summed E-state index contributed by atoms with van der Waals surface area (Å²) >= 11 is 0. The lowest BCUT2D eigenvalue weighted by Crippen LogP contribution is -2.47. The van der Waals surface area contributed by atoms with Gasteiger partial charge in [-0.3, -0.25) is 9.88 Å². The number of likely N-dealkylation sites (tertiary alicyclic amines) is 1. The van der Waals surface area contributed by atoms with Crippen LogP contribution in [0.3, 0.4) is 0 Å².